The van der Waals surface area contributed by atoms with Gasteiger partial charge >= 0.3 is 12.1 Å². The Bertz CT molecular complexity index is 892. The van der Waals surface area contributed by atoms with Crippen LogP contribution in [0.2, 0.25) is 5.02 Å². The molecule has 1 fully saturated rings. The highest BCUT2D eigenvalue weighted by molar-refractivity contribution is 7.12. The molecule has 2 amide bonds. The summed E-state index contributed by atoms with van der Waals surface area (Å²) in [5, 5.41) is 3.19. The van der Waals surface area contributed by atoms with Crippen molar-refractivity contribution in [2.75, 3.05) is 4.90 Å². The molecule has 1 heterocycles. The Morgan fingerprint density at radius 2 is 1.73 bits per heavy atom. The van der Waals surface area contributed by atoms with Gasteiger partial charge in [0.2, 0.25) is 5.91 Å². The maximum atomic E-state index is 13.5. The molecule has 1 aliphatic rings. The molecule has 1 aromatic heterocycles. The Morgan fingerprint density at radius 3 is 2.27 bits per heavy atom. The van der Waals surface area contributed by atoms with Crippen molar-refractivity contribution in [1.29, 1.82) is 0 Å². The molecule has 30 heavy (non-hydrogen) atoms. The van der Waals surface area contributed by atoms with Crippen LogP contribution in [0.5, 0.6) is 0 Å². The molecule has 0 bridgehead atoms. The molecule has 1 aromatic carbocycles. The molecule has 1 N–H and O–H groups in total. The zero-order chi connectivity index (χ0) is 21.9. The minimum absolute atomic E-state index is 0.0448. The minimum Gasteiger partial charge on any atom is -0.351 e. The molecule has 3 rings (SSSR count). The summed E-state index contributed by atoms with van der Waals surface area (Å²) in [5.41, 5.74) is -0.0448. The normalized spacial score (nSPS) is 16.2. The number of thiophene rings is 1. The van der Waals surface area contributed by atoms with E-state index in [9.17, 15) is 22.8 Å². The predicted molar refractivity (Wildman–Crippen MR) is 112 cm³/mol. The largest absolute Gasteiger partial charge is 0.471 e. The molecule has 162 valence electrons. The van der Waals surface area contributed by atoms with Crippen molar-refractivity contribution < 1.29 is 22.8 Å². The first-order valence-corrected chi connectivity index (χ1v) is 10.9. The molecule has 1 unspecified atom stereocenters. The van der Waals surface area contributed by atoms with E-state index in [0.29, 0.717) is 14.8 Å². The standard InChI is InChI=1S/C21H22ClF3N2O2S/c1-13-7-12-17(30-13)18(19(28)26-15-5-3-2-4-6-15)27(20(29)21(23,24)25)16-10-8-14(22)9-11-16/h7-12,15,18H,2-6H2,1H3,(H,26,28). The van der Waals surface area contributed by atoms with Gasteiger partial charge in [-0.15, -0.1) is 11.3 Å². The predicted octanol–water partition coefficient (Wildman–Crippen LogP) is 5.80. The fourth-order valence-corrected chi connectivity index (χ4v) is 4.72. The fraction of sp³-hybridized carbons (Fsp3) is 0.429. The third-order valence-electron chi connectivity index (χ3n) is 5.05. The van der Waals surface area contributed by atoms with Gasteiger partial charge in [0.15, 0.2) is 6.04 Å². The van der Waals surface area contributed by atoms with Gasteiger partial charge in [0.05, 0.1) is 0 Å². The summed E-state index contributed by atoms with van der Waals surface area (Å²) in [7, 11) is 0. The maximum absolute atomic E-state index is 13.5. The van der Waals surface area contributed by atoms with Gasteiger partial charge in [-0.05, 0) is 56.2 Å². The van der Waals surface area contributed by atoms with Gasteiger partial charge in [0.25, 0.3) is 0 Å². The van der Waals surface area contributed by atoms with E-state index in [0.717, 1.165) is 37.0 Å². The van der Waals surface area contributed by atoms with Gasteiger partial charge in [0.1, 0.15) is 0 Å². The zero-order valence-electron chi connectivity index (χ0n) is 16.3. The van der Waals surface area contributed by atoms with Crippen LogP contribution in [-0.4, -0.2) is 24.0 Å². The summed E-state index contributed by atoms with van der Waals surface area (Å²) in [6, 6.07) is 7.19. The van der Waals surface area contributed by atoms with Crippen molar-refractivity contribution in [1.82, 2.24) is 5.32 Å². The third-order valence-corrected chi connectivity index (χ3v) is 6.36. The Hall–Kier alpha value is -2.06. The molecule has 9 heteroatoms. The number of halogens is 4. The number of aryl methyl sites for hydroxylation is 1. The lowest BCUT2D eigenvalue weighted by Gasteiger charge is -2.33. The summed E-state index contributed by atoms with van der Waals surface area (Å²) in [4.78, 5) is 27.4. The molecule has 1 atom stereocenters. The second-order valence-corrected chi connectivity index (χ2v) is 9.10. The number of nitrogens with zero attached hydrogens (tertiary/aromatic N) is 1. The van der Waals surface area contributed by atoms with Crippen molar-refractivity contribution in [2.45, 2.75) is 57.3 Å². The molecule has 1 aliphatic carbocycles. The second kappa shape index (κ2) is 9.39. The van der Waals surface area contributed by atoms with Gasteiger partial charge in [-0.2, -0.15) is 13.2 Å². The Kier molecular flexibility index (Phi) is 7.08. The molecule has 2 aromatic rings. The van der Waals surface area contributed by atoms with E-state index in [1.165, 1.54) is 35.6 Å². The van der Waals surface area contributed by atoms with Gasteiger partial charge < -0.3 is 5.32 Å². The number of nitrogens with one attached hydrogen (secondary N) is 1. The molecule has 1 saturated carbocycles. The summed E-state index contributed by atoms with van der Waals surface area (Å²) in [6.07, 6.45) is -0.614. The summed E-state index contributed by atoms with van der Waals surface area (Å²) in [6.45, 7) is 1.79. The van der Waals surface area contributed by atoms with E-state index in [-0.39, 0.29) is 11.7 Å². The monoisotopic (exact) mass is 458 g/mol. The number of carbonyl (C=O) groups is 2. The molecule has 4 nitrogen and oxygen atoms in total. The topological polar surface area (TPSA) is 49.4 Å². The molecule has 0 spiro atoms. The number of rotatable bonds is 5. The number of hydrogen-bond acceptors (Lipinski definition) is 3. The molecule has 0 aliphatic heterocycles. The smallest absolute Gasteiger partial charge is 0.351 e. The van der Waals surface area contributed by atoms with Crippen LogP contribution in [0, 0.1) is 6.92 Å². The number of hydrogen-bond donors (Lipinski definition) is 1. The highest BCUT2D eigenvalue weighted by Gasteiger charge is 2.48. The molecular formula is C21H22ClF3N2O2S. The molecular weight excluding hydrogens is 437 g/mol. The minimum atomic E-state index is -5.14. The Labute approximate surface area is 182 Å². The fourth-order valence-electron chi connectivity index (χ4n) is 3.62. The van der Waals surface area contributed by atoms with Crippen LogP contribution in [0.15, 0.2) is 36.4 Å². The summed E-state index contributed by atoms with van der Waals surface area (Å²) >= 11 is 7.07. The van der Waals surface area contributed by atoms with Crippen LogP contribution < -0.4 is 10.2 Å². The highest BCUT2D eigenvalue weighted by Crippen LogP contribution is 2.36. The van der Waals surface area contributed by atoms with Crippen LogP contribution in [0.3, 0.4) is 0 Å². The van der Waals surface area contributed by atoms with Crippen molar-refractivity contribution in [3.05, 3.63) is 51.2 Å². The summed E-state index contributed by atoms with van der Waals surface area (Å²) < 4.78 is 40.6. The lowest BCUT2D eigenvalue weighted by atomic mass is 9.95. The number of anilines is 1. The molecule has 0 saturated heterocycles. The second-order valence-electron chi connectivity index (χ2n) is 7.34. The quantitative estimate of drug-likeness (QED) is 0.616. The number of alkyl halides is 3. The SMILES string of the molecule is Cc1ccc(C(C(=O)NC2CCCCC2)N(C(=O)C(F)(F)F)c2ccc(Cl)cc2)s1. The van der Waals surface area contributed by atoms with E-state index in [4.69, 9.17) is 11.6 Å². The van der Waals surface area contributed by atoms with Crippen molar-refractivity contribution in [3.63, 3.8) is 0 Å². The maximum Gasteiger partial charge on any atom is 0.471 e. The van der Waals surface area contributed by atoms with Gasteiger partial charge in [-0.25, -0.2) is 0 Å². The van der Waals surface area contributed by atoms with E-state index in [2.05, 4.69) is 5.32 Å². The number of carbonyl (C=O) groups excluding carboxylic acids is 2. The average Bonchev–Trinajstić information content (AvgIpc) is 3.12. The van der Waals surface area contributed by atoms with Crippen LogP contribution >= 0.6 is 22.9 Å². The first kappa shape index (κ1) is 22.6. The van der Waals surface area contributed by atoms with E-state index in [1.54, 1.807) is 19.1 Å². The van der Waals surface area contributed by atoms with Crippen LogP contribution in [0.25, 0.3) is 0 Å². The van der Waals surface area contributed by atoms with Crippen molar-refractivity contribution >= 4 is 40.4 Å². The Balaban J connectivity index is 2.04. The van der Waals surface area contributed by atoms with Crippen molar-refractivity contribution in [3.8, 4) is 0 Å². The van der Waals surface area contributed by atoms with E-state index in [1.807, 2.05) is 0 Å². The van der Waals surface area contributed by atoms with E-state index >= 15 is 0 Å². The van der Waals surface area contributed by atoms with Gasteiger partial charge in [-0.1, -0.05) is 30.9 Å². The van der Waals surface area contributed by atoms with E-state index < -0.39 is 24.0 Å². The number of benzene rings is 1. The van der Waals surface area contributed by atoms with Gasteiger partial charge in [-0.3, -0.25) is 14.5 Å². The summed E-state index contributed by atoms with van der Waals surface area (Å²) in [5.74, 6) is -2.71. The Morgan fingerprint density at radius 1 is 1.10 bits per heavy atom. The lowest BCUT2D eigenvalue weighted by Crippen LogP contribution is -2.50. The third kappa shape index (κ3) is 5.35. The lowest BCUT2D eigenvalue weighted by molar-refractivity contribution is -0.171. The molecule has 0 radical (unpaired) electrons. The van der Waals surface area contributed by atoms with Crippen LogP contribution in [-0.2, 0) is 9.59 Å². The highest BCUT2D eigenvalue weighted by atomic mass is 35.5. The van der Waals surface area contributed by atoms with Crippen LogP contribution in [0.1, 0.15) is 47.9 Å². The van der Waals surface area contributed by atoms with Crippen molar-refractivity contribution in [2.24, 2.45) is 0 Å². The van der Waals surface area contributed by atoms with Crippen LogP contribution in [0.4, 0.5) is 18.9 Å². The van der Waals surface area contributed by atoms with Gasteiger partial charge in [0, 0.05) is 26.5 Å². The number of amides is 2. The first-order valence-electron chi connectivity index (χ1n) is 9.69. The average molecular weight is 459 g/mol. The zero-order valence-corrected chi connectivity index (χ0v) is 17.9. The first-order chi connectivity index (χ1) is 14.2.